The molecule has 27 heavy (non-hydrogen) atoms. The average Bonchev–Trinajstić information content (AvgIpc) is 3.16. The smallest absolute Gasteiger partial charge is 0.260 e. The van der Waals surface area contributed by atoms with Crippen molar-refractivity contribution >= 4 is 11.6 Å². The van der Waals surface area contributed by atoms with Crippen LogP contribution >= 0.6 is 0 Å². The van der Waals surface area contributed by atoms with E-state index in [2.05, 4.69) is 15.5 Å². The number of carbonyl (C=O) groups excluding carboxylic acids is 1. The third-order valence-electron chi connectivity index (χ3n) is 3.82. The van der Waals surface area contributed by atoms with Gasteiger partial charge in [-0.1, -0.05) is 17.3 Å². The summed E-state index contributed by atoms with van der Waals surface area (Å²) in [5.41, 5.74) is 1.85. The maximum absolute atomic E-state index is 11.4. The number of aromatic nitrogens is 2. The zero-order chi connectivity index (χ0) is 19.4. The number of anilines is 1. The van der Waals surface area contributed by atoms with Crippen LogP contribution in [0.2, 0.25) is 0 Å². The van der Waals surface area contributed by atoms with Gasteiger partial charge in [0.1, 0.15) is 0 Å². The Morgan fingerprint density at radius 3 is 2.30 bits per heavy atom. The van der Waals surface area contributed by atoms with Crippen molar-refractivity contribution in [3.05, 3.63) is 36.4 Å². The summed E-state index contributed by atoms with van der Waals surface area (Å²) in [6.07, 6.45) is 0. The highest BCUT2D eigenvalue weighted by molar-refractivity contribution is 5.93. The minimum atomic E-state index is -0.188. The first kappa shape index (κ1) is 18.2. The van der Waals surface area contributed by atoms with E-state index in [0.29, 0.717) is 39.9 Å². The Morgan fingerprint density at radius 1 is 1.04 bits per heavy atom. The zero-order valence-electron chi connectivity index (χ0n) is 15.4. The first-order valence-corrected chi connectivity index (χ1v) is 8.08. The largest absolute Gasteiger partial charge is 0.493 e. The van der Waals surface area contributed by atoms with Crippen LogP contribution in [0.3, 0.4) is 0 Å². The third kappa shape index (κ3) is 3.69. The minimum Gasteiger partial charge on any atom is -0.493 e. The van der Waals surface area contributed by atoms with Crippen molar-refractivity contribution in [3.63, 3.8) is 0 Å². The molecule has 0 bridgehead atoms. The lowest BCUT2D eigenvalue weighted by atomic mass is 10.1. The van der Waals surface area contributed by atoms with Crippen molar-refractivity contribution in [1.82, 2.24) is 10.1 Å². The molecule has 2 aromatic carbocycles. The highest BCUT2D eigenvalue weighted by Crippen LogP contribution is 2.41. The number of hydrogen-bond donors (Lipinski definition) is 1. The lowest BCUT2D eigenvalue weighted by Crippen LogP contribution is -2.06. The van der Waals surface area contributed by atoms with Crippen LogP contribution in [-0.4, -0.2) is 37.4 Å². The standard InChI is InChI=1S/C19H19N3O5/c1-11(23)20-14-8-6-5-7-13(14)19-21-18(22-27-19)12-9-15(24-2)17(26-4)16(10-12)25-3/h5-10H,1-4H3,(H,20,23). The average molecular weight is 369 g/mol. The second kappa shape index (κ2) is 7.77. The molecule has 0 aliphatic carbocycles. The van der Waals surface area contributed by atoms with Gasteiger partial charge in [-0.15, -0.1) is 0 Å². The highest BCUT2D eigenvalue weighted by atomic mass is 16.5. The molecule has 1 heterocycles. The first-order valence-electron chi connectivity index (χ1n) is 8.08. The molecule has 1 N–H and O–H groups in total. The SMILES string of the molecule is COc1cc(-c2noc(-c3ccccc3NC(C)=O)n2)cc(OC)c1OC. The summed E-state index contributed by atoms with van der Waals surface area (Å²) in [5, 5.41) is 6.79. The van der Waals surface area contributed by atoms with Gasteiger partial charge in [0, 0.05) is 12.5 Å². The van der Waals surface area contributed by atoms with E-state index in [-0.39, 0.29) is 11.8 Å². The topological polar surface area (TPSA) is 95.7 Å². The number of hydrogen-bond acceptors (Lipinski definition) is 7. The molecule has 0 aliphatic heterocycles. The van der Waals surface area contributed by atoms with Gasteiger partial charge in [-0.2, -0.15) is 4.98 Å². The maximum Gasteiger partial charge on any atom is 0.260 e. The fraction of sp³-hybridized carbons (Fsp3) is 0.211. The molecular formula is C19H19N3O5. The van der Waals surface area contributed by atoms with E-state index in [4.69, 9.17) is 18.7 Å². The highest BCUT2D eigenvalue weighted by Gasteiger charge is 2.19. The monoisotopic (exact) mass is 369 g/mol. The van der Waals surface area contributed by atoms with E-state index in [1.165, 1.54) is 28.3 Å². The summed E-state index contributed by atoms with van der Waals surface area (Å²) in [5.74, 6) is 1.88. The van der Waals surface area contributed by atoms with Gasteiger partial charge < -0.3 is 24.1 Å². The van der Waals surface area contributed by atoms with Crippen LogP contribution in [0.4, 0.5) is 5.69 Å². The Morgan fingerprint density at radius 2 is 1.70 bits per heavy atom. The third-order valence-corrected chi connectivity index (χ3v) is 3.82. The molecule has 3 rings (SSSR count). The van der Waals surface area contributed by atoms with Crippen molar-refractivity contribution in [1.29, 1.82) is 0 Å². The van der Waals surface area contributed by atoms with E-state index in [1.807, 2.05) is 12.1 Å². The van der Waals surface area contributed by atoms with Gasteiger partial charge in [0.05, 0.1) is 32.6 Å². The van der Waals surface area contributed by atoms with Gasteiger partial charge in [0.25, 0.3) is 5.89 Å². The molecule has 0 saturated heterocycles. The molecule has 0 aliphatic rings. The summed E-state index contributed by atoms with van der Waals surface area (Å²) in [4.78, 5) is 15.9. The van der Waals surface area contributed by atoms with Crippen LogP contribution in [0.5, 0.6) is 17.2 Å². The summed E-state index contributed by atoms with van der Waals surface area (Å²) in [6.45, 7) is 1.44. The van der Waals surface area contributed by atoms with Gasteiger partial charge >= 0.3 is 0 Å². The van der Waals surface area contributed by atoms with Gasteiger partial charge in [-0.3, -0.25) is 4.79 Å². The van der Waals surface area contributed by atoms with Crippen molar-refractivity contribution < 1.29 is 23.5 Å². The number of nitrogens with zero attached hydrogens (tertiary/aromatic N) is 2. The fourth-order valence-corrected chi connectivity index (χ4v) is 2.63. The molecule has 0 atom stereocenters. The molecule has 8 nitrogen and oxygen atoms in total. The summed E-state index contributed by atoms with van der Waals surface area (Å²) in [6, 6.07) is 10.7. The van der Waals surface area contributed by atoms with Crippen LogP contribution in [-0.2, 0) is 4.79 Å². The van der Waals surface area contributed by atoms with E-state index in [1.54, 1.807) is 24.3 Å². The van der Waals surface area contributed by atoms with Crippen LogP contribution < -0.4 is 19.5 Å². The molecule has 0 spiro atoms. The molecule has 0 fully saturated rings. The normalized spacial score (nSPS) is 10.4. The van der Waals surface area contributed by atoms with Gasteiger partial charge in [-0.05, 0) is 24.3 Å². The Hall–Kier alpha value is -3.55. The predicted molar refractivity (Wildman–Crippen MR) is 99.1 cm³/mol. The van der Waals surface area contributed by atoms with Gasteiger partial charge in [0.15, 0.2) is 11.5 Å². The molecular weight excluding hydrogens is 350 g/mol. The Labute approximate surface area is 156 Å². The Bertz CT molecular complexity index is 942. The van der Waals surface area contributed by atoms with Crippen LogP contribution in [0, 0.1) is 0 Å². The second-order valence-electron chi connectivity index (χ2n) is 5.56. The second-order valence-corrected chi connectivity index (χ2v) is 5.56. The molecule has 1 aromatic heterocycles. The van der Waals surface area contributed by atoms with E-state index in [0.717, 1.165) is 0 Å². The Balaban J connectivity index is 2.03. The molecule has 1 amide bonds. The Kier molecular flexibility index (Phi) is 5.25. The summed E-state index contributed by atoms with van der Waals surface area (Å²) in [7, 11) is 4.60. The lowest BCUT2D eigenvalue weighted by Gasteiger charge is -2.12. The van der Waals surface area contributed by atoms with Gasteiger partial charge in [0.2, 0.25) is 17.5 Å². The van der Waals surface area contributed by atoms with E-state index in [9.17, 15) is 4.79 Å². The molecule has 3 aromatic rings. The van der Waals surface area contributed by atoms with E-state index < -0.39 is 0 Å². The molecule has 8 heteroatoms. The van der Waals surface area contributed by atoms with Crippen molar-refractivity contribution in [2.45, 2.75) is 6.92 Å². The number of para-hydroxylation sites is 1. The molecule has 0 unspecified atom stereocenters. The number of methoxy groups -OCH3 is 3. The number of benzene rings is 2. The van der Waals surface area contributed by atoms with Crippen molar-refractivity contribution in [3.8, 4) is 40.1 Å². The van der Waals surface area contributed by atoms with Crippen molar-refractivity contribution in [2.24, 2.45) is 0 Å². The number of nitrogens with one attached hydrogen (secondary N) is 1. The first-order chi connectivity index (χ1) is 13.1. The summed E-state index contributed by atoms with van der Waals surface area (Å²) >= 11 is 0. The van der Waals surface area contributed by atoms with Gasteiger partial charge in [-0.25, -0.2) is 0 Å². The zero-order valence-corrected chi connectivity index (χ0v) is 15.4. The maximum atomic E-state index is 11.4. The number of amides is 1. The van der Waals surface area contributed by atoms with Crippen LogP contribution in [0.15, 0.2) is 40.9 Å². The molecule has 0 radical (unpaired) electrons. The minimum absolute atomic E-state index is 0.188. The number of carbonyl (C=O) groups is 1. The number of ether oxygens (including phenoxy) is 3. The quantitative estimate of drug-likeness (QED) is 0.711. The summed E-state index contributed by atoms with van der Waals surface area (Å²) < 4.78 is 21.4. The lowest BCUT2D eigenvalue weighted by molar-refractivity contribution is -0.114. The molecule has 0 saturated carbocycles. The predicted octanol–water partition coefficient (Wildman–Crippen LogP) is 3.39. The fourth-order valence-electron chi connectivity index (χ4n) is 2.63. The van der Waals surface area contributed by atoms with E-state index >= 15 is 0 Å². The van der Waals surface area contributed by atoms with Crippen molar-refractivity contribution in [2.75, 3.05) is 26.6 Å². The molecule has 140 valence electrons. The number of rotatable bonds is 6. The van der Waals surface area contributed by atoms with Crippen LogP contribution in [0.25, 0.3) is 22.8 Å². The van der Waals surface area contributed by atoms with Crippen LogP contribution in [0.1, 0.15) is 6.92 Å².